The highest BCUT2D eigenvalue weighted by Gasteiger charge is 2.46. The molecule has 58 valence electrons. The van der Waals surface area contributed by atoms with Gasteiger partial charge in [-0.2, -0.15) is 0 Å². The summed E-state index contributed by atoms with van der Waals surface area (Å²) in [5.41, 5.74) is 0. The van der Waals surface area contributed by atoms with E-state index in [1.165, 1.54) is 0 Å². The molecule has 0 aromatic heterocycles. The minimum Gasteiger partial charge on any atom is -0.388 e. The van der Waals surface area contributed by atoms with Gasteiger partial charge in [-0.05, 0) is 0 Å². The van der Waals surface area contributed by atoms with Crippen LogP contribution in [0.1, 0.15) is 0 Å². The lowest BCUT2D eigenvalue weighted by molar-refractivity contribution is 0.00205. The first-order valence-electron chi connectivity index (χ1n) is 3.38. The van der Waals surface area contributed by atoms with Crippen molar-refractivity contribution in [2.45, 2.75) is 24.4 Å². The van der Waals surface area contributed by atoms with E-state index < -0.39 is 12.2 Å². The average molecular weight is 146 g/mol. The molecule has 0 aromatic rings. The predicted molar refractivity (Wildman–Crippen MR) is 31.5 cm³/mol. The summed E-state index contributed by atoms with van der Waals surface area (Å²) in [6, 6.07) is 0. The van der Waals surface area contributed by atoms with Crippen LogP contribution in [-0.2, 0) is 9.47 Å². The van der Waals surface area contributed by atoms with Gasteiger partial charge in [-0.25, -0.2) is 0 Å². The number of hydrogen-bond acceptors (Lipinski definition) is 4. The first-order chi connectivity index (χ1) is 4.79. The predicted octanol–water partition coefficient (Wildman–Crippen LogP) is -1.49. The van der Waals surface area contributed by atoms with E-state index in [0.717, 1.165) is 0 Å². The fraction of sp³-hybridized carbons (Fsp3) is 1.00. The second kappa shape index (κ2) is 2.17. The van der Waals surface area contributed by atoms with Crippen molar-refractivity contribution in [1.82, 2.24) is 0 Å². The van der Waals surface area contributed by atoms with Crippen LogP contribution in [0.25, 0.3) is 0 Å². The molecule has 2 N–H and O–H groups in total. The fourth-order valence-electron chi connectivity index (χ4n) is 1.46. The van der Waals surface area contributed by atoms with E-state index in [0.29, 0.717) is 0 Å². The molecule has 0 aromatic carbocycles. The van der Waals surface area contributed by atoms with Crippen LogP contribution >= 0.6 is 0 Å². The molecular formula is C6H10O4. The van der Waals surface area contributed by atoms with Gasteiger partial charge >= 0.3 is 0 Å². The highest BCUT2D eigenvalue weighted by molar-refractivity contribution is 4.93. The minimum absolute atomic E-state index is 0.284. The Balaban J connectivity index is 2.09. The van der Waals surface area contributed by atoms with Gasteiger partial charge in [0.15, 0.2) is 0 Å². The second-order valence-corrected chi connectivity index (χ2v) is 2.73. The summed E-state index contributed by atoms with van der Waals surface area (Å²) in [4.78, 5) is 0. The van der Waals surface area contributed by atoms with Gasteiger partial charge in [0.05, 0.1) is 13.2 Å². The average Bonchev–Trinajstić information content (AvgIpc) is 2.41. The van der Waals surface area contributed by atoms with Crippen molar-refractivity contribution in [2.24, 2.45) is 0 Å². The maximum absolute atomic E-state index is 9.16. The number of ether oxygens (including phenoxy) is 2. The molecule has 4 nitrogen and oxygen atoms in total. The smallest absolute Gasteiger partial charge is 0.114 e. The third-order valence-corrected chi connectivity index (χ3v) is 2.00. The molecule has 2 aliphatic heterocycles. The Hall–Kier alpha value is -0.160. The summed E-state index contributed by atoms with van der Waals surface area (Å²) in [6.07, 6.45) is -1.70. The first-order valence-corrected chi connectivity index (χ1v) is 3.38. The van der Waals surface area contributed by atoms with E-state index in [2.05, 4.69) is 0 Å². The van der Waals surface area contributed by atoms with Crippen LogP contribution < -0.4 is 0 Å². The lowest BCUT2D eigenvalue weighted by Crippen LogP contribution is -2.30. The fourth-order valence-corrected chi connectivity index (χ4v) is 1.46. The molecule has 0 aliphatic carbocycles. The van der Waals surface area contributed by atoms with Gasteiger partial charge < -0.3 is 19.7 Å². The monoisotopic (exact) mass is 146 g/mol. The molecule has 10 heavy (non-hydrogen) atoms. The molecule has 0 spiro atoms. The van der Waals surface area contributed by atoms with Gasteiger partial charge in [-0.15, -0.1) is 0 Å². The molecule has 2 saturated heterocycles. The Bertz CT molecular complexity index is 122. The normalized spacial score (nSPS) is 53.4. The Morgan fingerprint density at radius 1 is 0.900 bits per heavy atom. The molecule has 0 bridgehead atoms. The van der Waals surface area contributed by atoms with Gasteiger partial charge in [-0.3, -0.25) is 0 Å². The molecule has 4 atom stereocenters. The van der Waals surface area contributed by atoms with Gasteiger partial charge in [-0.1, -0.05) is 0 Å². The van der Waals surface area contributed by atoms with Crippen LogP contribution in [0.15, 0.2) is 0 Å². The van der Waals surface area contributed by atoms with Crippen LogP contribution in [0.4, 0.5) is 0 Å². The lowest BCUT2D eigenvalue weighted by atomic mass is 10.1. The first kappa shape index (κ1) is 6.54. The van der Waals surface area contributed by atoms with E-state index in [1.54, 1.807) is 0 Å². The summed E-state index contributed by atoms with van der Waals surface area (Å²) in [6.45, 7) is 0.568. The Kier molecular flexibility index (Phi) is 1.42. The second-order valence-electron chi connectivity index (χ2n) is 2.73. The molecule has 0 saturated carbocycles. The zero-order valence-electron chi connectivity index (χ0n) is 5.43. The van der Waals surface area contributed by atoms with E-state index in [1.807, 2.05) is 0 Å². The quantitative estimate of drug-likeness (QED) is 0.437. The molecule has 2 aliphatic rings. The Morgan fingerprint density at radius 3 is 1.70 bits per heavy atom. The van der Waals surface area contributed by atoms with E-state index >= 15 is 0 Å². The number of fused-ring (bicyclic) bond motifs is 1. The standard InChI is InChI=1S/C6H10O4/c7-3-1-9-6-4(8)2-10-5(3)6/h3-8H,1-2H2/t3-,4-,5+,6+/m1/s1. The number of rotatable bonds is 0. The highest BCUT2D eigenvalue weighted by Crippen LogP contribution is 2.26. The van der Waals surface area contributed by atoms with Crippen LogP contribution in [0, 0.1) is 0 Å². The number of aliphatic hydroxyl groups is 2. The van der Waals surface area contributed by atoms with Crippen LogP contribution in [0.3, 0.4) is 0 Å². The maximum Gasteiger partial charge on any atom is 0.114 e. The largest absolute Gasteiger partial charge is 0.388 e. The van der Waals surface area contributed by atoms with Gasteiger partial charge in [0.2, 0.25) is 0 Å². The molecule has 0 amide bonds. The van der Waals surface area contributed by atoms with Crippen LogP contribution in [0.2, 0.25) is 0 Å². The Labute approximate surface area is 58.4 Å². The summed E-state index contributed by atoms with van der Waals surface area (Å²) >= 11 is 0. The number of hydrogen-bond donors (Lipinski definition) is 2. The third kappa shape index (κ3) is 0.769. The Morgan fingerprint density at radius 2 is 1.30 bits per heavy atom. The van der Waals surface area contributed by atoms with Crippen LogP contribution in [-0.4, -0.2) is 47.8 Å². The zero-order valence-corrected chi connectivity index (χ0v) is 5.43. The molecule has 4 heteroatoms. The summed E-state index contributed by atoms with van der Waals surface area (Å²) < 4.78 is 10.2. The SMILES string of the molecule is O[C@@H]1CO[C@@H]2[C@H]1OC[C@H]2O. The molecule has 2 rings (SSSR count). The van der Waals surface area contributed by atoms with Crippen molar-refractivity contribution in [1.29, 1.82) is 0 Å². The van der Waals surface area contributed by atoms with Crippen molar-refractivity contribution in [3.8, 4) is 0 Å². The molecular weight excluding hydrogens is 136 g/mol. The van der Waals surface area contributed by atoms with Gasteiger partial charge in [0.1, 0.15) is 24.4 Å². The van der Waals surface area contributed by atoms with Crippen LogP contribution in [0.5, 0.6) is 0 Å². The van der Waals surface area contributed by atoms with E-state index in [4.69, 9.17) is 19.7 Å². The van der Waals surface area contributed by atoms with Gasteiger partial charge in [0.25, 0.3) is 0 Å². The minimum atomic E-state index is -0.554. The van der Waals surface area contributed by atoms with Crippen molar-refractivity contribution in [3.05, 3.63) is 0 Å². The van der Waals surface area contributed by atoms with Gasteiger partial charge in [0, 0.05) is 0 Å². The summed E-state index contributed by atoms with van der Waals surface area (Å²) in [5, 5.41) is 18.3. The summed E-state index contributed by atoms with van der Waals surface area (Å²) in [7, 11) is 0. The zero-order chi connectivity index (χ0) is 7.14. The highest BCUT2D eigenvalue weighted by atomic mass is 16.6. The number of aliphatic hydroxyl groups excluding tert-OH is 2. The van der Waals surface area contributed by atoms with Crippen molar-refractivity contribution in [3.63, 3.8) is 0 Å². The van der Waals surface area contributed by atoms with Crippen molar-refractivity contribution in [2.75, 3.05) is 13.2 Å². The van der Waals surface area contributed by atoms with E-state index in [-0.39, 0.29) is 25.4 Å². The lowest BCUT2D eigenvalue weighted by Gasteiger charge is -2.09. The van der Waals surface area contributed by atoms with Crippen molar-refractivity contribution < 1.29 is 19.7 Å². The molecule has 2 fully saturated rings. The molecule has 0 radical (unpaired) electrons. The van der Waals surface area contributed by atoms with Crippen molar-refractivity contribution >= 4 is 0 Å². The third-order valence-electron chi connectivity index (χ3n) is 2.00. The maximum atomic E-state index is 9.16. The topological polar surface area (TPSA) is 58.9 Å². The van der Waals surface area contributed by atoms with E-state index in [9.17, 15) is 0 Å². The molecule has 2 heterocycles. The summed E-state index contributed by atoms with van der Waals surface area (Å²) in [5.74, 6) is 0. The molecule has 0 unspecified atom stereocenters.